The van der Waals surface area contributed by atoms with Crippen LogP contribution in [0.2, 0.25) is 0 Å². The van der Waals surface area contributed by atoms with Crippen LogP contribution in [0.4, 0.5) is 0 Å². The van der Waals surface area contributed by atoms with E-state index in [1.807, 2.05) is 6.07 Å². The molecule has 0 radical (unpaired) electrons. The summed E-state index contributed by atoms with van der Waals surface area (Å²) in [7, 11) is 3.14. The molecular weight excluding hydrogens is 336 g/mol. The molecule has 0 fully saturated rings. The standard InChI is InChI=1S/C18H18N4O4/c1-24-14-4-3-13(11-15(14)25-2)17-21-16(26-22-17)7-10-20-18(23)12-5-8-19-9-6-12/h3-6,8-9,11H,7,10H2,1-2H3,(H,20,23). The lowest BCUT2D eigenvalue weighted by Crippen LogP contribution is -2.25. The Bertz CT molecular complexity index is 880. The molecule has 1 amide bonds. The van der Waals surface area contributed by atoms with E-state index in [9.17, 15) is 4.79 Å². The normalized spacial score (nSPS) is 10.4. The van der Waals surface area contributed by atoms with Crippen molar-refractivity contribution in [3.63, 3.8) is 0 Å². The van der Waals surface area contributed by atoms with Gasteiger partial charge in [-0.2, -0.15) is 4.98 Å². The summed E-state index contributed by atoms with van der Waals surface area (Å²) < 4.78 is 15.7. The van der Waals surface area contributed by atoms with Crippen LogP contribution in [0.25, 0.3) is 11.4 Å². The van der Waals surface area contributed by atoms with Crippen LogP contribution in [0.1, 0.15) is 16.2 Å². The minimum Gasteiger partial charge on any atom is -0.493 e. The maximum absolute atomic E-state index is 12.0. The number of ether oxygens (including phenoxy) is 2. The Hall–Kier alpha value is -3.42. The first-order valence-electron chi connectivity index (χ1n) is 7.94. The number of amides is 1. The van der Waals surface area contributed by atoms with Crippen molar-refractivity contribution in [3.05, 3.63) is 54.2 Å². The van der Waals surface area contributed by atoms with Crippen LogP contribution in [0.3, 0.4) is 0 Å². The van der Waals surface area contributed by atoms with Crippen LogP contribution in [0.5, 0.6) is 11.5 Å². The number of rotatable bonds is 7. The Balaban J connectivity index is 1.61. The number of aromatic nitrogens is 3. The first-order chi connectivity index (χ1) is 12.7. The summed E-state index contributed by atoms with van der Waals surface area (Å²) >= 11 is 0. The van der Waals surface area contributed by atoms with E-state index < -0.39 is 0 Å². The second kappa shape index (κ2) is 8.11. The van der Waals surface area contributed by atoms with Gasteiger partial charge in [-0.3, -0.25) is 9.78 Å². The van der Waals surface area contributed by atoms with Crippen LogP contribution in [0.15, 0.2) is 47.2 Å². The van der Waals surface area contributed by atoms with E-state index in [0.29, 0.717) is 41.7 Å². The van der Waals surface area contributed by atoms with Crippen molar-refractivity contribution in [2.45, 2.75) is 6.42 Å². The molecule has 8 nitrogen and oxygen atoms in total. The third-order valence-corrected chi connectivity index (χ3v) is 3.68. The molecule has 3 rings (SSSR count). The summed E-state index contributed by atoms with van der Waals surface area (Å²) in [6.45, 7) is 0.384. The van der Waals surface area contributed by atoms with E-state index in [4.69, 9.17) is 14.0 Å². The molecule has 2 aromatic heterocycles. The first kappa shape index (κ1) is 17.4. The fourth-order valence-electron chi connectivity index (χ4n) is 2.34. The fourth-order valence-corrected chi connectivity index (χ4v) is 2.34. The summed E-state index contributed by atoms with van der Waals surface area (Å²) in [6, 6.07) is 8.67. The van der Waals surface area contributed by atoms with E-state index in [2.05, 4.69) is 20.4 Å². The number of benzene rings is 1. The highest BCUT2D eigenvalue weighted by atomic mass is 16.5. The molecule has 0 aliphatic rings. The van der Waals surface area contributed by atoms with Crippen LogP contribution in [-0.4, -0.2) is 41.8 Å². The lowest BCUT2D eigenvalue weighted by Gasteiger charge is -2.07. The van der Waals surface area contributed by atoms with Gasteiger partial charge < -0.3 is 19.3 Å². The second-order valence-corrected chi connectivity index (χ2v) is 5.32. The van der Waals surface area contributed by atoms with Gasteiger partial charge >= 0.3 is 0 Å². The van der Waals surface area contributed by atoms with Crippen LogP contribution in [0, 0.1) is 0 Å². The molecule has 0 bridgehead atoms. The summed E-state index contributed by atoms with van der Waals surface area (Å²) in [4.78, 5) is 20.2. The molecule has 2 heterocycles. The fraction of sp³-hybridized carbons (Fsp3) is 0.222. The molecule has 26 heavy (non-hydrogen) atoms. The Labute approximate surface area is 150 Å². The van der Waals surface area contributed by atoms with Gasteiger partial charge in [0.25, 0.3) is 5.91 Å². The monoisotopic (exact) mass is 354 g/mol. The highest BCUT2D eigenvalue weighted by Gasteiger charge is 2.12. The van der Waals surface area contributed by atoms with E-state index in [-0.39, 0.29) is 5.91 Å². The molecule has 0 aliphatic carbocycles. The highest BCUT2D eigenvalue weighted by molar-refractivity contribution is 5.93. The van der Waals surface area contributed by atoms with Crippen molar-refractivity contribution >= 4 is 5.91 Å². The number of carbonyl (C=O) groups is 1. The van der Waals surface area contributed by atoms with Gasteiger partial charge in [0.15, 0.2) is 11.5 Å². The Morgan fingerprint density at radius 1 is 1.12 bits per heavy atom. The Kier molecular flexibility index (Phi) is 5.43. The predicted octanol–water partition coefficient (Wildman–Crippen LogP) is 2.12. The van der Waals surface area contributed by atoms with Crippen molar-refractivity contribution in [3.8, 4) is 22.9 Å². The van der Waals surface area contributed by atoms with Gasteiger partial charge in [-0.05, 0) is 30.3 Å². The maximum atomic E-state index is 12.0. The summed E-state index contributed by atoms with van der Waals surface area (Å²) in [5, 5.41) is 6.77. The van der Waals surface area contributed by atoms with Crippen LogP contribution < -0.4 is 14.8 Å². The number of methoxy groups -OCH3 is 2. The minimum absolute atomic E-state index is 0.174. The SMILES string of the molecule is COc1ccc(-c2noc(CCNC(=O)c3ccncc3)n2)cc1OC. The number of nitrogens with one attached hydrogen (secondary N) is 1. The number of hydrogen-bond donors (Lipinski definition) is 1. The van der Waals surface area contributed by atoms with Gasteiger partial charge in [-0.1, -0.05) is 5.16 Å². The molecule has 0 aliphatic heterocycles. The van der Waals surface area contributed by atoms with Crippen molar-refractivity contribution in [1.29, 1.82) is 0 Å². The van der Waals surface area contributed by atoms with Crippen molar-refractivity contribution in [2.24, 2.45) is 0 Å². The van der Waals surface area contributed by atoms with E-state index >= 15 is 0 Å². The van der Waals surface area contributed by atoms with E-state index in [1.165, 1.54) is 0 Å². The van der Waals surface area contributed by atoms with E-state index in [0.717, 1.165) is 5.56 Å². The molecule has 0 unspecified atom stereocenters. The molecule has 0 saturated heterocycles. The number of hydrogen-bond acceptors (Lipinski definition) is 7. The molecule has 0 saturated carbocycles. The van der Waals surface area contributed by atoms with Crippen LogP contribution >= 0.6 is 0 Å². The number of carbonyl (C=O) groups excluding carboxylic acids is 1. The van der Waals surface area contributed by atoms with Gasteiger partial charge in [0.05, 0.1) is 14.2 Å². The molecule has 134 valence electrons. The summed E-state index contributed by atoms with van der Waals surface area (Å²) in [5.74, 6) is 1.91. The largest absolute Gasteiger partial charge is 0.493 e. The zero-order valence-corrected chi connectivity index (χ0v) is 14.4. The Morgan fingerprint density at radius 3 is 2.62 bits per heavy atom. The lowest BCUT2D eigenvalue weighted by atomic mass is 10.2. The van der Waals surface area contributed by atoms with Gasteiger partial charge in [-0.15, -0.1) is 0 Å². The average molecular weight is 354 g/mol. The summed E-state index contributed by atoms with van der Waals surface area (Å²) in [5.41, 5.74) is 1.30. The van der Waals surface area contributed by atoms with Gasteiger partial charge in [-0.25, -0.2) is 0 Å². The topological polar surface area (TPSA) is 99.4 Å². The maximum Gasteiger partial charge on any atom is 0.251 e. The van der Waals surface area contributed by atoms with Crippen molar-refractivity contribution in [1.82, 2.24) is 20.4 Å². The molecule has 1 N–H and O–H groups in total. The third-order valence-electron chi connectivity index (χ3n) is 3.68. The number of nitrogens with zero attached hydrogens (tertiary/aromatic N) is 3. The van der Waals surface area contributed by atoms with Gasteiger partial charge in [0.1, 0.15) is 0 Å². The molecule has 1 aromatic carbocycles. The average Bonchev–Trinajstić information content (AvgIpc) is 3.17. The number of pyridine rings is 1. The van der Waals surface area contributed by atoms with Crippen LogP contribution in [-0.2, 0) is 6.42 Å². The highest BCUT2D eigenvalue weighted by Crippen LogP contribution is 2.31. The third kappa shape index (κ3) is 3.97. The zero-order valence-electron chi connectivity index (χ0n) is 14.4. The Morgan fingerprint density at radius 2 is 1.88 bits per heavy atom. The molecule has 3 aromatic rings. The molecule has 0 spiro atoms. The molecular formula is C18H18N4O4. The second-order valence-electron chi connectivity index (χ2n) is 5.32. The molecule has 0 atom stereocenters. The van der Waals surface area contributed by atoms with Gasteiger partial charge in [0, 0.05) is 36.5 Å². The van der Waals surface area contributed by atoms with E-state index in [1.54, 1.807) is 50.9 Å². The predicted molar refractivity (Wildman–Crippen MR) is 93.1 cm³/mol. The quantitative estimate of drug-likeness (QED) is 0.694. The van der Waals surface area contributed by atoms with Crippen molar-refractivity contribution in [2.75, 3.05) is 20.8 Å². The summed E-state index contributed by atoms with van der Waals surface area (Å²) in [6.07, 6.45) is 3.57. The smallest absolute Gasteiger partial charge is 0.251 e. The lowest BCUT2D eigenvalue weighted by molar-refractivity contribution is 0.0953. The van der Waals surface area contributed by atoms with Gasteiger partial charge in [0.2, 0.25) is 11.7 Å². The minimum atomic E-state index is -0.174. The first-order valence-corrected chi connectivity index (χ1v) is 7.94. The molecule has 8 heteroatoms. The zero-order chi connectivity index (χ0) is 18.4. The van der Waals surface area contributed by atoms with Crippen molar-refractivity contribution < 1.29 is 18.8 Å².